The summed E-state index contributed by atoms with van der Waals surface area (Å²) in [5.74, 6) is -0.160. The molecule has 1 N–H and O–H groups in total. The van der Waals surface area contributed by atoms with Crippen LogP contribution in [0.25, 0.3) is 0 Å². The normalized spacial score (nSPS) is 12.3. The summed E-state index contributed by atoms with van der Waals surface area (Å²) in [5, 5.41) is 8.96. The van der Waals surface area contributed by atoms with E-state index in [1.807, 2.05) is 12.1 Å². The van der Waals surface area contributed by atoms with Crippen LogP contribution in [-0.2, 0) is 4.79 Å². The lowest BCUT2D eigenvalue weighted by Gasteiger charge is -2.08. The number of aliphatic imine (C=N–C) groups is 1. The molecule has 0 saturated carbocycles. The van der Waals surface area contributed by atoms with Gasteiger partial charge < -0.3 is 9.84 Å². The third kappa shape index (κ3) is 5.10. The first-order valence-corrected chi connectivity index (χ1v) is 8.15. The van der Waals surface area contributed by atoms with Gasteiger partial charge in [-0.05, 0) is 53.8 Å². The number of carbonyl (C=O) groups is 1. The van der Waals surface area contributed by atoms with E-state index < -0.39 is 12.6 Å². The van der Waals surface area contributed by atoms with Crippen molar-refractivity contribution in [1.29, 1.82) is 0 Å². The number of rotatable bonds is 7. The van der Waals surface area contributed by atoms with Gasteiger partial charge in [-0.1, -0.05) is 37.6 Å². The molecule has 0 saturated heterocycles. The quantitative estimate of drug-likeness (QED) is 0.713. The van der Waals surface area contributed by atoms with Gasteiger partial charge in [0.2, 0.25) is 0 Å². The standard InChI is InChI=1S/C19H20ClNO3/c1-3-13(2)15-5-7-16(8-6-15)21-11-14-4-9-18(17(20)10-14)24-12-19(22)23/h4-11,13H,3,12H2,1-2H3,(H,22,23)/t13-/m1/s1. The molecule has 1 atom stereocenters. The number of ether oxygens (including phenoxy) is 1. The highest BCUT2D eigenvalue weighted by Gasteiger charge is 2.05. The summed E-state index contributed by atoms with van der Waals surface area (Å²) < 4.78 is 5.09. The second-order valence-electron chi connectivity index (χ2n) is 5.53. The SMILES string of the molecule is CC[C@@H](C)c1ccc(N=Cc2ccc(OCC(=O)O)c(Cl)c2)cc1. The zero-order valence-corrected chi connectivity index (χ0v) is 14.5. The van der Waals surface area contributed by atoms with Gasteiger partial charge in [0.05, 0.1) is 10.7 Å². The number of nitrogens with zero attached hydrogens (tertiary/aromatic N) is 1. The van der Waals surface area contributed by atoms with Crippen molar-refractivity contribution in [3.8, 4) is 5.75 Å². The predicted octanol–water partition coefficient (Wildman–Crippen LogP) is 5.07. The first kappa shape index (κ1) is 18.0. The molecule has 5 heteroatoms. The fraction of sp³-hybridized carbons (Fsp3) is 0.263. The van der Waals surface area contributed by atoms with Crippen molar-refractivity contribution in [2.75, 3.05) is 6.61 Å². The van der Waals surface area contributed by atoms with Gasteiger partial charge in [-0.3, -0.25) is 4.99 Å². The second kappa shape index (κ2) is 8.50. The van der Waals surface area contributed by atoms with E-state index in [-0.39, 0.29) is 0 Å². The summed E-state index contributed by atoms with van der Waals surface area (Å²) in [6.07, 6.45) is 2.82. The van der Waals surface area contributed by atoms with Gasteiger partial charge in [-0.15, -0.1) is 0 Å². The van der Waals surface area contributed by atoms with Gasteiger partial charge in [-0.25, -0.2) is 4.79 Å². The van der Waals surface area contributed by atoms with Crippen LogP contribution in [0.15, 0.2) is 47.5 Å². The Hall–Kier alpha value is -2.33. The summed E-state index contributed by atoms with van der Waals surface area (Å²) in [4.78, 5) is 14.9. The number of benzene rings is 2. The van der Waals surface area contributed by atoms with E-state index in [0.29, 0.717) is 16.7 Å². The lowest BCUT2D eigenvalue weighted by molar-refractivity contribution is -0.139. The van der Waals surface area contributed by atoms with Crippen LogP contribution in [0.1, 0.15) is 37.3 Å². The molecule has 2 aromatic carbocycles. The van der Waals surface area contributed by atoms with Crippen LogP contribution in [0.3, 0.4) is 0 Å². The number of aliphatic carboxylic acids is 1. The first-order chi connectivity index (χ1) is 11.5. The van der Waals surface area contributed by atoms with E-state index in [4.69, 9.17) is 21.4 Å². The third-order valence-electron chi connectivity index (χ3n) is 3.74. The largest absolute Gasteiger partial charge is 0.480 e. The van der Waals surface area contributed by atoms with Crippen molar-refractivity contribution in [3.05, 3.63) is 58.6 Å². The van der Waals surface area contributed by atoms with Gasteiger partial charge in [0.15, 0.2) is 6.61 Å². The molecule has 126 valence electrons. The Morgan fingerprint density at radius 1 is 1.29 bits per heavy atom. The Morgan fingerprint density at radius 3 is 2.58 bits per heavy atom. The van der Waals surface area contributed by atoms with Crippen LogP contribution >= 0.6 is 11.6 Å². The molecule has 4 nitrogen and oxygen atoms in total. The van der Waals surface area contributed by atoms with Crippen LogP contribution in [-0.4, -0.2) is 23.9 Å². The van der Waals surface area contributed by atoms with Gasteiger partial charge >= 0.3 is 5.97 Å². The van der Waals surface area contributed by atoms with Gasteiger partial charge in [0, 0.05) is 6.21 Å². The van der Waals surface area contributed by atoms with Crippen LogP contribution in [0.2, 0.25) is 5.02 Å². The molecule has 0 aliphatic carbocycles. The van der Waals surface area contributed by atoms with Gasteiger partial charge in [0.25, 0.3) is 0 Å². The first-order valence-electron chi connectivity index (χ1n) is 7.77. The molecule has 0 aromatic heterocycles. The minimum atomic E-state index is -1.04. The Kier molecular flexibility index (Phi) is 6.38. The van der Waals surface area contributed by atoms with Crippen LogP contribution in [0.4, 0.5) is 5.69 Å². The average Bonchev–Trinajstić information content (AvgIpc) is 2.58. The Balaban J connectivity index is 2.06. The molecule has 2 rings (SSSR count). The van der Waals surface area contributed by atoms with Crippen molar-refractivity contribution in [3.63, 3.8) is 0 Å². The molecule has 0 unspecified atom stereocenters. The highest BCUT2D eigenvalue weighted by Crippen LogP contribution is 2.25. The Morgan fingerprint density at radius 2 is 2.00 bits per heavy atom. The molecule has 24 heavy (non-hydrogen) atoms. The van der Waals surface area contributed by atoms with Crippen molar-refractivity contribution in [2.45, 2.75) is 26.2 Å². The number of carboxylic acids is 1. The van der Waals surface area contributed by atoms with Crippen LogP contribution < -0.4 is 4.74 Å². The summed E-state index contributed by atoms with van der Waals surface area (Å²) in [7, 11) is 0. The number of carboxylic acid groups (broad SMARTS) is 1. The van der Waals surface area contributed by atoms with Gasteiger partial charge in [-0.2, -0.15) is 0 Å². The summed E-state index contributed by atoms with van der Waals surface area (Å²) in [6.45, 7) is 3.95. The molecule has 0 bridgehead atoms. The second-order valence-corrected chi connectivity index (χ2v) is 5.94. The van der Waals surface area contributed by atoms with Crippen molar-refractivity contribution >= 4 is 29.5 Å². The van der Waals surface area contributed by atoms with Crippen molar-refractivity contribution in [1.82, 2.24) is 0 Å². The van der Waals surface area contributed by atoms with Crippen LogP contribution in [0, 0.1) is 0 Å². The predicted molar refractivity (Wildman–Crippen MR) is 97.0 cm³/mol. The van der Waals surface area contributed by atoms with Gasteiger partial charge in [0.1, 0.15) is 5.75 Å². The summed E-state index contributed by atoms with van der Waals surface area (Å²) >= 11 is 6.09. The lowest BCUT2D eigenvalue weighted by atomic mass is 9.99. The van der Waals surface area contributed by atoms with Crippen molar-refractivity contribution < 1.29 is 14.6 Å². The topological polar surface area (TPSA) is 58.9 Å². The molecule has 2 aromatic rings. The van der Waals surface area contributed by atoms with E-state index in [0.717, 1.165) is 17.7 Å². The highest BCUT2D eigenvalue weighted by atomic mass is 35.5. The van der Waals surface area contributed by atoms with Crippen molar-refractivity contribution in [2.24, 2.45) is 4.99 Å². The fourth-order valence-corrected chi connectivity index (χ4v) is 2.37. The summed E-state index contributed by atoms with van der Waals surface area (Å²) in [5.41, 5.74) is 2.98. The molecule has 0 spiro atoms. The number of halogens is 1. The average molecular weight is 346 g/mol. The van der Waals surface area contributed by atoms with E-state index >= 15 is 0 Å². The molecule has 0 heterocycles. The molecule has 0 fully saturated rings. The van der Waals surface area contributed by atoms with E-state index in [9.17, 15) is 4.79 Å². The zero-order valence-electron chi connectivity index (χ0n) is 13.7. The Labute approximate surface area is 146 Å². The zero-order chi connectivity index (χ0) is 17.5. The molecular weight excluding hydrogens is 326 g/mol. The van der Waals surface area contributed by atoms with E-state index in [2.05, 4.69) is 31.0 Å². The minimum absolute atomic E-state index is 0.342. The molecular formula is C19H20ClNO3. The highest BCUT2D eigenvalue weighted by molar-refractivity contribution is 6.32. The maximum atomic E-state index is 10.5. The Bertz CT molecular complexity index is 726. The molecule has 0 amide bonds. The number of hydrogen-bond acceptors (Lipinski definition) is 3. The minimum Gasteiger partial charge on any atom is -0.480 e. The van der Waals surface area contributed by atoms with Crippen LogP contribution in [0.5, 0.6) is 5.75 Å². The van der Waals surface area contributed by atoms with E-state index in [1.165, 1.54) is 5.56 Å². The molecule has 0 aliphatic heterocycles. The third-order valence-corrected chi connectivity index (χ3v) is 4.04. The summed E-state index contributed by atoms with van der Waals surface area (Å²) in [6, 6.07) is 13.3. The fourth-order valence-electron chi connectivity index (χ4n) is 2.13. The monoisotopic (exact) mass is 345 g/mol. The number of hydrogen-bond donors (Lipinski definition) is 1. The molecule has 0 aliphatic rings. The molecule has 0 radical (unpaired) electrons. The lowest BCUT2D eigenvalue weighted by Crippen LogP contribution is -2.09. The maximum Gasteiger partial charge on any atom is 0.341 e. The maximum absolute atomic E-state index is 10.5. The smallest absolute Gasteiger partial charge is 0.341 e. The van der Waals surface area contributed by atoms with E-state index in [1.54, 1.807) is 24.4 Å².